The van der Waals surface area contributed by atoms with Crippen LogP contribution in [0.2, 0.25) is 5.02 Å². The van der Waals surface area contributed by atoms with Crippen LogP contribution in [0.1, 0.15) is 38.2 Å². The van der Waals surface area contributed by atoms with Crippen LogP contribution in [0, 0.1) is 0 Å². The molecule has 2 N–H and O–H groups in total. The zero-order valence-corrected chi connectivity index (χ0v) is 17.9. The van der Waals surface area contributed by atoms with Crippen LogP contribution in [0.15, 0.2) is 47.4 Å². The predicted molar refractivity (Wildman–Crippen MR) is 114 cm³/mol. The Morgan fingerprint density at radius 3 is 2.59 bits per heavy atom. The lowest BCUT2D eigenvalue weighted by atomic mass is 10.1. The summed E-state index contributed by atoms with van der Waals surface area (Å²) in [5, 5.41) is 2.95. The van der Waals surface area contributed by atoms with Gasteiger partial charge in [-0.05, 0) is 49.1 Å². The van der Waals surface area contributed by atoms with E-state index < -0.39 is 10.0 Å². The van der Waals surface area contributed by atoms with Crippen molar-refractivity contribution >= 4 is 33.2 Å². The van der Waals surface area contributed by atoms with Gasteiger partial charge in [0.15, 0.2) is 6.61 Å². The fourth-order valence-corrected chi connectivity index (χ4v) is 5.01. The highest BCUT2D eigenvalue weighted by Crippen LogP contribution is 2.28. The van der Waals surface area contributed by atoms with Crippen molar-refractivity contribution in [2.75, 3.05) is 11.9 Å². The maximum atomic E-state index is 12.5. The van der Waals surface area contributed by atoms with Gasteiger partial charge in [-0.3, -0.25) is 4.79 Å². The maximum Gasteiger partial charge on any atom is 0.262 e. The van der Waals surface area contributed by atoms with Gasteiger partial charge in [0.1, 0.15) is 5.75 Å². The summed E-state index contributed by atoms with van der Waals surface area (Å²) in [6.45, 7) is 1.78. The molecule has 8 heteroatoms. The Balaban J connectivity index is 1.61. The van der Waals surface area contributed by atoms with Crippen molar-refractivity contribution in [3.63, 3.8) is 0 Å². The largest absolute Gasteiger partial charge is 0.482 e. The van der Waals surface area contributed by atoms with Crippen LogP contribution < -0.4 is 14.8 Å². The smallest absolute Gasteiger partial charge is 0.262 e. The molecule has 0 radical (unpaired) electrons. The van der Waals surface area contributed by atoms with Gasteiger partial charge in [0.05, 0.1) is 9.92 Å². The number of hydrogen-bond donors (Lipinski definition) is 2. The van der Waals surface area contributed by atoms with E-state index in [1.165, 1.54) is 18.2 Å². The lowest BCUT2D eigenvalue weighted by molar-refractivity contribution is -0.118. The first kappa shape index (κ1) is 21.6. The lowest BCUT2D eigenvalue weighted by Crippen LogP contribution is -2.32. The summed E-state index contributed by atoms with van der Waals surface area (Å²) in [6, 6.07) is 11.8. The van der Waals surface area contributed by atoms with Gasteiger partial charge in [-0.15, -0.1) is 0 Å². The van der Waals surface area contributed by atoms with Gasteiger partial charge < -0.3 is 10.1 Å². The SMILES string of the molecule is CCc1ccccc1NC(=O)COc1ccc(S(=O)(=O)NC2CCCC2)cc1Cl. The maximum absolute atomic E-state index is 12.5. The monoisotopic (exact) mass is 436 g/mol. The zero-order valence-electron chi connectivity index (χ0n) is 16.3. The van der Waals surface area contributed by atoms with Crippen molar-refractivity contribution in [2.24, 2.45) is 0 Å². The van der Waals surface area contributed by atoms with Crippen molar-refractivity contribution in [1.29, 1.82) is 0 Å². The second-order valence-corrected chi connectivity index (χ2v) is 9.16. The van der Waals surface area contributed by atoms with Crippen molar-refractivity contribution in [3.05, 3.63) is 53.1 Å². The third-order valence-electron chi connectivity index (χ3n) is 4.92. The number of halogens is 1. The van der Waals surface area contributed by atoms with E-state index in [1.807, 2.05) is 31.2 Å². The van der Waals surface area contributed by atoms with Crippen LogP contribution in [-0.2, 0) is 21.2 Å². The molecule has 0 bridgehead atoms. The number of ether oxygens (including phenoxy) is 1. The molecule has 2 aromatic carbocycles. The normalized spacial score (nSPS) is 14.7. The molecule has 1 amide bonds. The summed E-state index contributed by atoms with van der Waals surface area (Å²) in [5.74, 6) is -0.0630. The van der Waals surface area contributed by atoms with E-state index in [-0.39, 0.29) is 34.2 Å². The Morgan fingerprint density at radius 1 is 1.17 bits per heavy atom. The van der Waals surface area contributed by atoms with Crippen molar-refractivity contribution in [1.82, 2.24) is 4.72 Å². The van der Waals surface area contributed by atoms with Crippen LogP contribution >= 0.6 is 11.6 Å². The highest BCUT2D eigenvalue weighted by molar-refractivity contribution is 7.89. The van der Waals surface area contributed by atoms with E-state index in [2.05, 4.69) is 10.0 Å². The molecule has 29 heavy (non-hydrogen) atoms. The third-order valence-corrected chi connectivity index (χ3v) is 6.74. The molecule has 1 fully saturated rings. The number of sulfonamides is 1. The van der Waals surface area contributed by atoms with Gasteiger partial charge >= 0.3 is 0 Å². The van der Waals surface area contributed by atoms with Gasteiger partial charge in [0.2, 0.25) is 10.0 Å². The van der Waals surface area contributed by atoms with E-state index in [0.717, 1.165) is 43.4 Å². The molecule has 0 unspecified atom stereocenters. The number of anilines is 1. The van der Waals surface area contributed by atoms with Crippen LogP contribution in [0.5, 0.6) is 5.75 Å². The van der Waals surface area contributed by atoms with E-state index in [1.54, 1.807) is 0 Å². The molecule has 0 saturated heterocycles. The highest BCUT2D eigenvalue weighted by atomic mass is 35.5. The molecule has 0 aromatic heterocycles. The van der Waals surface area contributed by atoms with E-state index >= 15 is 0 Å². The Labute approximate surface area is 176 Å². The first-order valence-corrected chi connectivity index (χ1v) is 11.6. The molecular weight excluding hydrogens is 412 g/mol. The molecule has 0 aliphatic heterocycles. The minimum Gasteiger partial charge on any atom is -0.482 e. The molecule has 0 heterocycles. The Bertz CT molecular complexity index is 972. The zero-order chi connectivity index (χ0) is 20.9. The molecule has 2 aromatic rings. The Hall–Kier alpha value is -2.09. The standard InChI is InChI=1S/C21H25ClN2O4S/c1-2-15-7-3-6-10-19(15)23-21(25)14-28-20-12-11-17(13-18(20)22)29(26,27)24-16-8-4-5-9-16/h3,6-7,10-13,16,24H,2,4-5,8-9,14H2,1H3,(H,23,25). The molecule has 1 aliphatic carbocycles. The Morgan fingerprint density at radius 2 is 1.90 bits per heavy atom. The van der Waals surface area contributed by atoms with Crippen LogP contribution in [0.3, 0.4) is 0 Å². The average molecular weight is 437 g/mol. The second-order valence-electron chi connectivity index (χ2n) is 7.04. The van der Waals surface area contributed by atoms with Crippen LogP contribution in [0.4, 0.5) is 5.69 Å². The summed E-state index contributed by atoms with van der Waals surface area (Å²) in [5.41, 5.74) is 1.78. The van der Waals surface area contributed by atoms with Crippen molar-refractivity contribution in [2.45, 2.75) is 50.0 Å². The molecular formula is C21H25ClN2O4S. The van der Waals surface area contributed by atoms with E-state index in [4.69, 9.17) is 16.3 Å². The Kier molecular flexibility index (Phi) is 7.16. The first-order chi connectivity index (χ1) is 13.9. The number of benzene rings is 2. The summed E-state index contributed by atoms with van der Waals surface area (Å²) >= 11 is 6.19. The molecule has 3 rings (SSSR count). The number of carbonyl (C=O) groups excluding carboxylic acids is 1. The third kappa shape index (κ3) is 5.72. The summed E-state index contributed by atoms with van der Waals surface area (Å²) < 4.78 is 33.2. The minimum absolute atomic E-state index is 0.0237. The predicted octanol–water partition coefficient (Wildman–Crippen LogP) is 4.14. The van der Waals surface area contributed by atoms with Gasteiger partial charge in [0, 0.05) is 11.7 Å². The van der Waals surface area contributed by atoms with Crippen molar-refractivity contribution < 1.29 is 17.9 Å². The van der Waals surface area contributed by atoms with E-state index in [9.17, 15) is 13.2 Å². The quantitative estimate of drug-likeness (QED) is 0.651. The van der Waals surface area contributed by atoms with Gasteiger partial charge in [-0.1, -0.05) is 49.6 Å². The highest BCUT2D eigenvalue weighted by Gasteiger charge is 2.23. The summed E-state index contributed by atoms with van der Waals surface area (Å²) in [4.78, 5) is 12.3. The first-order valence-electron chi connectivity index (χ1n) is 9.71. The molecule has 156 valence electrons. The summed E-state index contributed by atoms with van der Waals surface area (Å²) in [7, 11) is -3.63. The topological polar surface area (TPSA) is 84.5 Å². The number of carbonyl (C=O) groups is 1. The van der Waals surface area contributed by atoms with Gasteiger partial charge in [-0.2, -0.15) is 0 Å². The number of rotatable bonds is 8. The van der Waals surface area contributed by atoms with Crippen LogP contribution in [-0.4, -0.2) is 27.0 Å². The summed E-state index contributed by atoms with van der Waals surface area (Å²) in [6.07, 6.45) is 4.57. The number of aryl methyl sites for hydroxylation is 1. The molecule has 1 saturated carbocycles. The molecule has 0 atom stereocenters. The molecule has 1 aliphatic rings. The second kappa shape index (κ2) is 9.61. The van der Waals surface area contributed by atoms with Crippen molar-refractivity contribution in [3.8, 4) is 5.75 Å². The number of amides is 1. The fourth-order valence-electron chi connectivity index (χ4n) is 3.38. The molecule has 6 nitrogen and oxygen atoms in total. The van der Waals surface area contributed by atoms with Gasteiger partial charge in [0.25, 0.3) is 5.91 Å². The van der Waals surface area contributed by atoms with Crippen LogP contribution in [0.25, 0.3) is 0 Å². The lowest BCUT2D eigenvalue weighted by Gasteiger charge is -2.14. The van der Waals surface area contributed by atoms with Gasteiger partial charge in [-0.25, -0.2) is 13.1 Å². The molecule has 0 spiro atoms. The average Bonchev–Trinajstić information content (AvgIpc) is 3.19. The number of hydrogen-bond acceptors (Lipinski definition) is 4. The van der Waals surface area contributed by atoms with E-state index in [0.29, 0.717) is 0 Å². The minimum atomic E-state index is -3.63. The number of nitrogens with one attached hydrogen (secondary N) is 2. The number of para-hydroxylation sites is 1. The fraction of sp³-hybridized carbons (Fsp3) is 0.381.